The molecule has 0 radical (unpaired) electrons. The molecule has 0 heterocycles. The van der Waals surface area contributed by atoms with Gasteiger partial charge in [0.2, 0.25) is 0 Å². The molecule has 2 aliphatic carbocycles. The normalized spacial score (nSPS) is 25.6. The molecule has 0 saturated heterocycles. The molecule has 2 aromatic carbocycles. The summed E-state index contributed by atoms with van der Waals surface area (Å²) >= 11 is 0. The van der Waals surface area contributed by atoms with Crippen LogP contribution in [0.1, 0.15) is 68.9 Å². The second-order valence-electron chi connectivity index (χ2n) is 9.59. The van der Waals surface area contributed by atoms with Crippen molar-refractivity contribution in [3.63, 3.8) is 0 Å². The molecular weight excluding hydrogens is 405 g/mol. The highest BCUT2D eigenvalue weighted by Gasteiger charge is 2.36. The smallest absolute Gasteiger partial charge is 0.167 e. The summed E-state index contributed by atoms with van der Waals surface area (Å²) in [7, 11) is 0. The van der Waals surface area contributed by atoms with Crippen LogP contribution in [-0.4, -0.2) is 0 Å². The second-order valence-corrected chi connectivity index (χ2v) is 9.59. The summed E-state index contributed by atoms with van der Waals surface area (Å²) in [5, 5.41) is 0. The molecule has 32 heavy (non-hydrogen) atoms. The van der Waals surface area contributed by atoms with Gasteiger partial charge in [0.15, 0.2) is 11.6 Å². The molecule has 0 nitrogen and oxygen atoms in total. The van der Waals surface area contributed by atoms with Crippen molar-refractivity contribution in [2.45, 2.75) is 64.2 Å². The van der Waals surface area contributed by atoms with Crippen LogP contribution in [0.15, 0.2) is 55.1 Å². The highest BCUT2D eigenvalue weighted by Crippen LogP contribution is 2.48. The molecule has 0 aromatic heterocycles. The molecule has 4 rings (SSSR count). The summed E-state index contributed by atoms with van der Waals surface area (Å²) in [6.45, 7) is 5.89. The predicted octanol–water partition coefficient (Wildman–Crippen LogP) is 8.77. The molecule has 2 aromatic rings. The first-order chi connectivity index (χ1) is 15.5. The van der Waals surface area contributed by atoms with Crippen molar-refractivity contribution in [2.75, 3.05) is 0 Å². The third-order valence-electron chi connectivity index (χ3n) is 7.70. The van der Waals surface area contributed by atoms with Crippen LogP contribution in [0, 0.1) is 35.2 Å². The summed E-state index contributed by atoms with van der Waals surface area (Å²) in [5.74, 6) is -0.337. The van der Waals surface area contributed by atoms with Gasteiger partial charge in [0.25, 0.3) is 0 Å². The molecule has 4 atom stereocenters. The predicted molar refractivity (Wildman–Crippen MR) is 126 cm³/mol. The minimum atomic E-state index is -0.930. The fraction of sp³-hybridized carbons (Fsp3) is 0.448. The first-order valence-electron chi connectivity index (χ1n) is 12.0. The zero-order chi connectivity index (χ0) is 22.7. The summed E-state index contributed by atoms with van der Waals surface area (Å²) in [4.78, 5) is 0. The topological polar surface area (TPSA) is 0 Å². The first kappa shape index (κ1) is 22.9. The molecule has 4 unspecified atom stereocenters. The average molecular weight is 439 g/mol. The molecule has 2 fully saturated rings. The lowest BCUT2D eigenvalue weighted by molar-refractivity contribution is 0.132. The standard InChI is InChI=1S/C29H33F3/c1-3-5-6-7-20-9-13-25(27(30)17-20)26-15-14-24(28(31)29(26)32)23-12-11-21-16-19(4-2)8-10-22(21)18-23/h3-5,9,13-15,17,19,21-23H,2,6-8,10-12,16,18H2,1H3/b5-3+. The van der Waals surface area contributed by atoms with Crippen LogP contribution in [-0.2, 0) is 6.42 Å². The maximum absolute atomic E-state index is 15.2. The summed E-state index contributed by atoms with van der Waals surface area (Å²) in [5.41, 5.74) is 1.43. The van der Waals surface area contributed by atoms with E-state index in [1.54, 1.807) is 24.3 Å². The number of allylic oxidation sites excluding steroid dienone is 3. The van der Waals surface area contributed by atoms with Crippen LogP contribution in [0.2, 0.25) is 0 Å². The van der Waals surface area contributed by atoms with Gasteiger partial charge in [0.1, 0.15) is 5.82 Å². The summed E-state index contributed by atoms with van der Waals surface area (Å²) in [6.07, 6.45) is 13.9. The van der Waals surface area contributed by atoms with Gasteiger partial charge in [-0.1, -0.05) is 42.5 Å². The third kappa shape index (κ3) is 4.72. The summed E-state index contributed by atoms with van der Waals surface area (Å²) in [6, 6.07) is 8.06. The van der Waals surface area contributed by atoms with Gasteiger partial charge in [-0.25, -0.2) is 13.2 Å². The first-order valence-corrected chi connectivity index (χ1v) is 12.0. The number of halogens is 3. The van der Waals surface area contributed by atoms with E-state index in [4.69, 9.17) is 0 Å². The van der Waals surface area contributed by atoms with Crippen molar-refractivity contribution in [1.29, 1.82) is 0 Å². The molecule has 170 valence electrons. The van der Waals surface area contributed by atoms with Crippen LogP contribution in [0.3, 0.4) is 0 Å². The highest BCUT2D eigenvalue weighted by atomic mass is 19.2. The van der Waals surface area contributed by atoms with Crippen LogP contribution in [0.25, 0.3) is 11.1 Å². The Labute approximate surface area is 190 Å². The number of hydrogen-bond acceptors (Lipinski definition) is 0. The molecule has 2 saturated carbocycles. The number of fused-ring (bicyclic) bond motifs is 1. The van der Waals surface area contributed by atoms with Gasteiger partial charge >= 0.3 is 0 Å². The fourth-order valence-corrected chi connectivity index (χ4v) is 5.86. The van der Waals surface area contributed by atoms with Gasteiger partial charge in [-0.15, -0.1) is 6.58 Å². The van der Waals surface area contributed by atoms with Crippen molar-refractivity contribution in [2.24, 2.45) is 17.8 Å². The van der Waals surface area contributed by atoms with Crippen molar-refractivity contribution >= 4 is 0 Å². The van der Waals surface area contributed by atoms with E-state index in [0.717, 1.165) is 44.1 Å². The molecule has 2 aliphatic rings. The minimum Gasteiger partial charge on any atom is -0.206 e. The lowest BCUT2D eigenvalue weighted by atomic mass is 9.64. The zero-order valence-electron chi connectivity index (χ0n) is 18.9. The Balaban J connectivity index is 1.52. The Morgan fingerprint density at radius 1 is 0.906 bits per heavy atom. The molecule has 0 aliphatic heterocycles. The Hall–Kier alpha value is -2.29. The van der Waals surface area contributed by atoms with Crippen LogP contribution in [0.4, 0.5) is 13.2 Å². The van der Waals surface area contributed by atoms with Gasteiger partial charge < -0.3 is 0 Å². The van der Waals surface area contributed by atoms with Gasteiger partial charge in [-0.2, -0.15) is 0 Å². The fourth-order valence-electron chi connectivity index (χ4n) is 5.86. The SMILES string of the molecule is C=CC1CCC2CC(c3ccc(-c4ccc(CC/C=C/C)cc4F)c(F)c3F)CCC2C1. The lowest BCUT2D eigenvalue weighted by Crippen LogP contribution is -2.30. The van der Waals surface area contributed by atoms with Gasteiger partial charge in [-0.05, 0) is 99.2 Å². The van der Waals surface area contributed by atoms with E-state index in [1.807, 2.05) is 19.1 Å². The quantitative estimate of drug-likeness (QED) is 0.395. The molecule has 3 heteroatoms. The van der Waals surface area contributed by atoms with Crippen molar-refractivity contribution in [1.82, 2.24) is 0 Å². The molecule has 0 spiro atoms. The Kier molecular flexibility index (Phi) is 7.23. The minimum absolute atomic E-state index is 0.00364. The van der Waals surface area contributed by atoms with Crippen molar-refractivity contribution in [3.8, 4) is 11.1 Å². The zero-order valence-corrected chi connectivity index (χ0v) is 18.9. The number of aryl methyl sites for hydroxylation is 1. The second kappa shape index (κ2) is 10.1. The third-order valence-corrected chi connectivity index (χ3v) is 7.70. The van der Waals surface area contributed by atoms with E-state index in [9.17, 15) is 4.39 Å². The molecule has 0 amide bonds. The van der Waals surface area contributed by atoms with E-state index >= 15 is 8.78 Å². The van der Waals surface area contributed by atoms with E-state index < -0.39 is 17.5 Å². The Bertz CT molecular complexity index is 990. The summed E-state index contributed by atoms with van der Waals surface area (Å²) < 4.78 is 45.0. The van der Waals surface area contributed by atoms with Gasteiger partial charge in [0.05, 0.1) is 0 Å². The Morgan fingerprint density at radius 3 is 2.41 bits per heavy atom. The molecular formula is C29H33F3. The van der Waals surface area contributed by atoms with Crippen molar-refractivity contribution in [3.05, 3.63) is 83.7 Å². The highest BCUT2D eigenvalue weighted by molar-refractivity contribution is 5.66. The largest absolute Gasteiger partial charge is 0.206 e. The van der Waals surface area contributed by atoms with E-state index in [-0.39, 0.29) is 17.0 Å². The van der Waals surface area contributed by atoms with Crippen LogP contribution >= 0.6 is 0 Å². The van der Waals surface area contributed by atoms with Gasteiger partial charge in [0, 0.05) is 11.1 Å². The van der Waals surface area contributed by atoms with E-state index in [0.29, 0.717) is 29.7 Å². The van der Waals surface area contributed by atoms with Crippen molar-refractivity contribution < 1.29 is 13.2 Å². The molecule has 0 bridgehead atoms. The molecule has 0 N–H and O–H groups in total. The monoisotopic (exact) mass is 438 g/mol. The lowest BCUT2D eigenvalue weighted by Gasteiger charge is -2.41. The van der Waals surface area contributed by atoms with Crippen LogP contribution in [0.5, 0.6) is 0 Å². The van der Waals surface area contributed by atoms with Gasteiger partial charge in [-0.3, -0.25) is 0 Å². The van der Waals surface area contributed by atoms with Crippen LogP contribution < -0.4 is 0 Å². The number of benzene rings is 2. The van der Waals surface area contributed by atoms with E-state index in [2.05, 4.69) is 12.7 Å². The Morgan fingerprint density at radius 2 is 1.66 bits per heavy atom. The van der Waals surface area contributed by atoms with E-state index in [1.165, 1.54) is 12.5 Å². The number of hydrogen-bond donors (Lipinski definition) is 0. The average Bonchev–Trinajstić information content (AvgIpc) is 2.81. The number of rotatable bonds is 6. The maximum Gasteiger partial charge on any atom is 0.167 e. The maximum atomic E-state index is 15.2.